The first kappa shape index (κ1) is 16.5. The highest BCUT2D eigenvalue weighted by Gasteiger charge is 2.13. The molecule has 0 heterocycles. The number of hydrogen-bond donors (Lipinski definition) is 2. The molecule has 5 nitrogen and oxygen atoms in total. The van der Waals surface area contributed by atoms with Crippen molar-refractivity contribution >= 4 is 11.7 Å². The van der Waals surface area contributed by atoms with Gasteiger partial charge in [-0.3, -0.25) is 0 Å². The van der Waals surface area contributed by atoms with Gasteiger partial charge in [0.1, 0.15) is 11.5 Å². The fraction of sp³-hybridized carbons (Fsp3) is 0.188. The van der Waals surface area contributed by atoms with Gasteiger partial charge in [-0.2, -0.15) is 8.78 Å². The van der Waals surface area contributed by atoms with Crippen molar-refractivity contribution in [1.82, 2.24) is 5.32 Å². The number of rotatable bonds is 6. The van der Waals surface area contributed by atoms with Crippen LogP contribution in [0.5, 0.6) is 11.5 Å². The molecule has 0 fully saturated rings. The van der Waals surface area contributed by atoms with Gasteiger partial charge in [-0.15, -0.1) is 0 Å². The zero-order valence-corrected chi connectivity index (χ0v) is 12.4. The lowest BCUT2D eigenvalue weighted by molar-refractivity contribution is -0.0493. The summed E-state index contributed by atoms with van der Waals surface area (Å²) in [5.74, 6) is 0.264. The SMILES string of the molecule is COc1ccc(OC(F)F)c(NC(=O)NCc2ccccc2)c1. The van der Waals surface area contributed by atoms with Gasteiger partial charge in [-0.25, -0.2) is 4.79 Å². The lowest BCUT2D eigenvalue weighted by Crippen LogP contribution is -2.28. The quantitative estimate of drug-likeness (QED) is 0.854. The molecule has 7 heteroatoms. The van der Waals surface area contributed by atoms with Crippen molar-refractivity contribution in [3.8, 4) is 11.5 Å². The third-order valence-electron chi connectivity index (χ3n) is 2.95. The summed E-state index contributed by atoms with van der Waals surface area (Å²) in [6.07, 6.45) is 0. The number of carbonyl (C=O) groups is 1. The van der Waals surface area contributed by atoms with Crippen molar-refractivity contribution in [3.05, 3.63) is 54.1 Å². The van der Waals surface area contributed by atoms with Crippen LogP contribution in [0, 0.1) is 0 Å². The van der Waals surface area contributed by atoms with E-state index >= 15 is 0 Å². The van der Waals surface area contributed by atoms with Crippen molar-refractivity contribution < 1.29 is 23.0 Å². The van der Waals surface area contributed by atoms with E-state index in [9.17, 15) is 13.6 Å². The monoisotopic (exact) mass is 322 g/mol. The molecule has 0 aliphatic rings. The Morgan fingerprint density at radius 2 is 1.91 bits per heavy atom. The number of halogens is 2. The number of methoxy groups -OCH3 is 1. The van der Waals surface area contributed by atoms with Crippen LogP contribution in [0.3, 0.4) is 0 Å². The Balaban J connectivity index is 2.03. The summed E-state index contributed by atoms with van der Waals surface area (Å²) in [5, 5.41) is 5.10. The van der Waals surface area contributed by atoms with Gasteiger partial charge in [0.25, 0.3) is 0 Å². The third-order valence-corrected chi connectivity index (χ3v) is 2.95. The van der Waals surface area contributed by atoms with Crippen LogP contribution >= 0.6 is 0 Å². The minimum atomic E-state index is -2.99. The van der Waals surface area contributed by atoms with E-state index in [2.05, 4.69) is 15.4 Å². The van der Waals surface area contributed by atoms with Gasteiger partial charge in [0.15, 0.2) is 0 Å². The average molecular weight is 322 g/mol. The number of alkyl halides is 2. The Morgan fingerprint density at radius 3 is 2.57 bits per heavy atom. The topological polar surface area (TPSA) is 59.6 Å². The van der Waals surface area contributed by atoms with Gasteiger partial charge in [0.05, 0.1) is 12.8 Å². The lowest BCUT2D eigenvalue weighted by Gasteiger charge is -2.14. The zero-order valence-electron chi connectivity index (χ0n) is 12.4. The lowest BCUT2D eigenvalue weighted by atomic mass is 10.2. The standard InChI is InChI=1S/C16H16F2N2O3/c1-22-12-7-8-14(23-15(17)18)13(9-12)20-16(21)19-10-11-5-3-2-4-6-11/h2-9,15H,10H2,1H3,(H2,19,20,21). The minimum Gasteiger partial charge on any atom is -0.497 e. The predicted molar refractivity (Wildman–Crippen MR) is 81.9 cm³/mol. The summed E-state index contributed by atoms with van der Waals surface area (Å²) < 4.78 is 34.2. The molecule has 0 aromatic heterocycles. The normalized spacial score (nSPS) is 10.3. The van der Waals surface area contributed by atoms with Gasteiger partial charge >= 0.3 is 12.6 Å². The van der Waals surface area contributed by atoms with Crippen LogP contribution in [-0.2, 0) is 6.54 Å². The van der Waals surface area contributed by atoms with E-state index in [0.29, 0.717) is 12.3 Å². The summed E-state index contributed by atoms with van der Waals surface area (Å²) >= 11 is 0. The summed E-state index contributed by atoms with van der Waals surface area (Å²) in [6, 6.07) is 12.9. The molecule has 23 heavy (non-hydrogen) atoms. The molecule has 0 atom stereocenters. The van der Waals surface area contributed by atoms with Crippen LogP contribution in [0.4, 0.5) is 19.3 Å². The van der Waals surface area contributed by atoms with E-state index in [1.807, 2.05) is 30.3 Å². The predicted octanol–water partition coefficient (Wildman–Crippen LogP) is 3.62. The summed E-state index contributed by atoms with van der Waals surface area (Å²) in [7, 11) is 1.43. The molecule has 0 spiro atoms. The molecule has 0 aliphatic heterocycles. The van der Waals surface area contributed by atoms with Crippen molar-refractivity contribution in [2.45, 2.75) is 13.2 Å². The smallest absolute Gasteiger partial charge is 0.387 e. The number of anilines is 1. The van der Waals surface area contributed by atoms with E-state index in [1.54, 1.807) is 0 Å². The third kappa shape index (κ3) is 5.14. The van der Waals surface area contributed by atoms with Gasteiger partial charge in [0.2, 0.25) is 0 Å². The molecular weight excluding hydrogens is 306 g/mol. The molecule has 2 N–H and O–H groups in total. The first-order valence-corrected chi connectivity index (χ1v) is 6.80. The van der Waals surface area contributed by atoms with E-state index in [4.69, 9.17) is 4.74 Å². The second kappa shape index (κ2) is 7.98. The average Bonchev–Trinajstić information content (AvgIpc) is 2.55. The second-order valence-electron chi connectivity index (χ2n) is 4.53. The number of ether oxygens (including phenoxy) is 2. The minimum absolute atomic E-state index is 0.0928. The van der Waals surface area contributed by atoms with Crippen LogP contribution in [0.1, 0.15) is 5.56 Å². The molecular formula is C16H16F2N2O3. The number of urea groups is 1. The maximum atomic E-state index is 12.4. The zero-order chi connectivity index (χ0) is 16.7. The molecule has 122 valence electrons. The van der Waals surface area contributed by atoms with E-state index in [0.717, 1.165) is 5.56 Å². The van der Waals surface area contributed by atoms with Crippen LogP contribution in [0.25, 0.3) is 0 Å². The number of hydrogen-bond acceptors (Lipinski definition) is 3. The Morgan fingerprint density at radius 1 is 1.17 bits per heavy atom. The van der Waals surface area contributed by atoms with Crippen molar-refractivity contribution in [2.75, 3.05) is 12.4 Å². The number of amides is 2. The van der Waals surface area contributed by atoms with Gasteiger partial charge < -0.3 is 20.1 Å². The molecule has 0 saturated carbocycles. The fourth-order valence-corrected chi connectivity index (χ4v) is 1.88. The highest BCUT2D eigenvalue weighted by Crippen LogP contribution is 2.30. The second-order valence-corrected chi connectivity index (χ2v) is 4.53. The first-order valence-electron chi connectivity index (χ1n) is 6.80. The largest absolute Gasteiger partial charge is 0.497 e. The highest BCUT2D eigenvalue weighted by molar-refractivity contribution is 5.91. The van der Waals surface area contributed by atoms with Crippen LogP contribution in [-0.4, -0.2) is 19.8 Å². The highest BCUT2D eigenvalue weighted by atomic mass is 19.3. The number of carbonyl (C=O) groups excluding carboxylic acids is 1. The fourth-order valence-electron chi connectivity index (χ4n) is 1.88. The maximum Gasteiger partial charge on any atom is 0.387 e. The van der Waals surface area contributed by atoms with Crippen LogP contribution < -0.4 is 20.1 Å². The number of benzene rings is 2. The number of nitrogens with one attached hydrogen (secondary N) is 2. The van der Waals surface area contributed by atoms with Crippen molar-refractivity contribution in [1.29, 1.82) is 0 Å². The Kier molecular flexibility index (Phi) is 5.74. The summed E-state index contributed by atoms with van der Waals surface area (Å²) in [5.41, 5.74) is 1.01. The molecule has 2 amide bonds. The van der Waals surface area contributed by atoms with E-state index in [1.165, 1.54) is 25.3 Å². The Bertz CT molecular complexity index is 651. The molecule has 0 radical (unpaired) electrons. The summed E-state index contributed by atoms with van der Waals surface area (Å²) in [6.45, 7) is -2.68. The maximum absolute atomic E-state index is 12.4. The Hall–Kier alpha value is -2.83. The molecule has 2 aromatic rings. The van der Waals surface area contributed by atoms with Crippen LogP contribution in [0.15, 0.2) is 48.5 Å². The Labute approximate surface area is 132 Å². The van der Waals surface area contributed by atoms with Crippen molar-refractivity contribution in [2.24, 2.45) is 0 Å². The van der Waals surface area contributed by atoms with Gasteiger partial charge in [-0.05, 0) is 17.7 Å². The van der Waals surface area contributed by atoms with E-state index < -0.39 is 12.6 Å². The molecule has 0 bridgehead atoms. The van der Waals surface area contributed by atoms with Gasteiger partial charge in [0, 0.05) is 12.6 Å². The molecule has 0 unspecified atom stereocenters. The van der Waals surface area contributed by atoms with Gasteiger partial charge in [-0.1, -0.05) is 30.3 Å². The first-order chi connectivity index (χ1) is 11.1. The molecule has 0 aliphatic carbocycles. The molecule has 2 rings (SSSR count). The van der Waals surface area contributed by atoms with Crippen molar-refractivity contribution in [3.63, 3.8) is 0 Å². The summed E-state index contributed by atoms with van der Waals surface area (Å²) in [4.78, 5) is 11.9. The molecule has 2 aromatic carbocycles. The van der Waals surface area contributed by atoms with Crippen LogP contribution in [0.2, 0.25) is 0 Å². The van der Waals surface area contributed by atoms with E-state index in [-0.39, 0.29) is 11.4 Å². The molecule has 0 saturated heterocycles.